The highest BCUT2D eigenvalue weighted by atomic mass is 16.5. The van der Waals surface area contributed by atoms with Crippen molar-refractivity contribution >= 4 is 23.0 Å². The Morgan fingerprint density at radius 3 is 2.03 bits per heavy atom. The SMILES string of the molecule is CCN(CC)c1nc(-c2ccccc2)c2nc(C(=O)OC)cc(-c3ccccc3)c2n1. The number of pyridine rings is 1. The fourth-order valence-electron chi connectivity index (χ4n) is 3.59. The maximum absolute atomic E-state index is 12.4. The van der Waals surface area contributed by atoms with Crippen LogP contribution in [0.1, 0.15) is 24.3 Å². The first kappa shape index (κ1) is 20.5. The van der Waals surface area contributed by atoms with E-state index in [0.29, 0.717) is 22.7 Å². The third-order valence-electron chi connectivity index (χ3n) is 5.21. The van der Waals surface area contributed by atoms with Crippen LogP contribution in [0.3, 0.4) is 0 Å². The summed E-state index contributed by atoms with van der Waals surface area (Å²) in [7, 11) is 1.36. The maximum atomic E-state index is 12.4. The second kappa shape index (κ2) is 8.92. The van der Waals surface area contributed by atoms with E-state index >= 15 is 0 Å². The first-order valence-corrected chi connectivity index (χ1v) is 10.3. The Balaban J connectivity index is 2.12. The summed E-state index contributed by atoms with van der Waals surface area (Å²) >= 11 is 0. The van der Waals surface area contributed by atoms with Crippen molar-refractivity contribution in [2.75, 3.05) is 25.1 Å². The number of carbonyl (C=O) groups is 1. The number of ether oxygens (including phenoxy) is 1. The van der Waals surface area contributed by atoms with Gasteiger partial charge in [-0.25, -0.2) is 19.7 Å². The van der Waals surface area contributed by atoms with Crippen molar-refractivity contribution in [3.63, 3.8) is 0 Å². The van der Waals surface area contributed by atoms with E-state index in [2.05, 4.69) is 23.7 Å². The smallest absolute Gasteiger partial charge is 0.356 e. The van der Waals surface area contributed by atoms with Crippen LogP contribution < -0.4 is 4.90 Å². The lowest BCUT2D eigenvalue weighted by Crippen LogP contribution is -2.24. The third kappa shape index (κ3) is 3.97. The minimum absolute atomic E-state index is 0.227. The zero-order valence-corrected chi connectivity index (χ0v) is 17.9. The molecule has 4 rings (SSSR count). The molecule has 0 aliphatic rings. The number of nitrogens with zero attached hydrogens (tertiary/aromatic N) is 4. The van der Waals surface area contributed by atoms with E-state index in [1.807, 2.05) is 60.7 Å². The van der Waals surface area contributed by atoms with Gasteiger partial charge in [0.2, 0.25) is 5.95 Å². The van der Waals surface area contributed by atoms with Crippen LogP contribution in [0.2, 0.25) is 0 Å². The van der Waals surface area contributed by atoms with Gasteiger partial charge in [-0.2, -0.15) is 0 Å². The number of rotatable bonds is 6. The summed E-state index contributed by atoms with van der Waals surface area (Å²) in [6.07, 6.45) is 0. The largest absolute Gasteiger partial charge is 0.464 e. The van der Waals surface area contributed by atoms with E-state index in [1.54, 1.807) is 6.07 Å². The third-order valence-corrected chi connectivity index (χ3v) is 5.21. The van der Waals surface area contributed by atoms with Gasteiger partial charge in [0, 0.05) is 24.2 Å². The number of anilines is 1. The van der Waals surface area contributed by atoms with Gasteiger partial charge in [0.25, 0.3) is 0 Å². The van der Waals surface area contributed by atoms with Crippen LogP contribution in [0.25, 0.3) is 33.4 Å². The normalized spacial score (nSPS) is 10.8. The van der Waals surface area contributed by atoms with Crippen molar-refractivity contribution < 1.29 is 9.53 Å². The Bertz CT molecular complexity index is 1210. The fraction of sp³-hybridized carbons (Fsp3) is 0.200. The summed E-state index contributed by atoms with van der Waals surface area (Å²) in [5.41, 5.74) is 4.87. The van der Waals surface area contributed by atoms with Crippen LogP contribution in [0.5, 0.6) is 0 Å². The van der Waals surface area contributed by atoms with Gasteiger partial charge >= 0.3 is 5.97 Å². The predicted octanol–water partition coefficient (Wildman–Crippen LogP) is 4.99. The summed E-state index contributed by atoms with van der Waals surface area (Å²) in [6.45, 7) is 5.72. The van der Waals surface area contributed by atoms with E-state index < -0.39 is 5.97 Å². The molecule has 0 radical (unpaired) electrons. The highest BCUT2D eigenvalue weighted by Crippen LogP contribution is 2.34. The molecule has 2 aromatic carbocycles. The first-order valence-electron chi connectivity index (χ1n) is 10.3. The van der Waals surface area contributed by atoms with Gasteiger partial charge in [-0.3, -0.25) is 0 Å². The van der Waals surface area contributed by atoms with Gasteiger partial charge in [-0.05, 0) is 25.5 Å². The highest BCUT2D eigenvalue weighted by molar-refractivity contribution is 6.02. The molecule has 6 heteroatoms. The second-order valence-corrected chi connectivity index (χ2v) is 7.02. The molecular formula is C25H24N4O2. The van der Waals surface area contributed by atoms with Crippen molar-refractivity contribution in [3.8, 4) is 22.4 Å². The standard InChI is InChI=1S/C25H24N4O2/c1-4-29(5-2)25-27-21(18-14-10-7-11-15-18)23-22(28-25)19(17-12-8-6-9-13-17)16-20(26-23)24(30)31-3/h6-16H,4-5H2,1-3H3. The van der Waals surface area contributed by atoms with Crippen LogP contribution in [-0.4, -0.2) is 41.1 Å². The molecule has 0 atom stereocenters. The minimum Gasteiger partial charge on any atom is -0.464 e. The maximum Gasteiger partial charge on any atom is 0.356 e. The van der Waals surface area contributed by atoms with Gasteiger partial charge in [0.1, 0.15) is 22.4 Å². The number of hydrogen-bond donors (Lipinski definition) is 0. The summed E-state index contributed by atoms with van der Waals surface area (Å²) in [6, 6.07) is 21.5. The predicted molar refractivity (Wildman–Crippen MR) is 123 cm³/mol. The van der Waals surface area contributed by atoms with Crippen molar-refractivity contribution in [1.29, 1.82) is 0 Å². The lowest BCUT2D eigenvalue weighted by atomic mass is 10.0. The molecule has 0 bridgehead atoms. The van der Waals surface area contributed by atoms with Crippen LogP contribution in [0, 0.1) is 0 Å². The molecule has 0 aliphatic heterocycles. The van der Waals surface area contributed by atoms with Crippen LogP contribution in [-0.2, 0) is 4.74 Å². The van der Waals surface area contributed by atoms with Gasteiger partial charge in [0.05, 0.1) is 7.11 Å². The molecule has 0 unspecified atom stereocenters. The van der Waals surface area contributed by atoms with E-state index in [-0.39, 0.29) is 5.69 Å². The Labute approximate surface area is 181 Å². The lowest BCUT2D eigenvalue weighted by Gasteiger charge is -2.21. The molecule has 0 amide bonds. The quantitative estimate of drug-likeness (QED) is 0.416. The molecule has 0 fully saturated rings. The molecule has 0 spiro atoms. The Hall–Kier alpha value is -3.80. The van der Waals surface area contributed by atoms with E-state index in [9.17, 15) is 4.79 Å². The lowest BCUT2D eigenvalue weighted by molar-refractivity contribution is 0.0594. The number of carbonyl (C=O) groups excluding carboxylic acids is 1. The molecule has 2 heterocycles. The molecular weight excluding hydrogens is 388 g/mol. The monoisotopic (exact) mass is 412 g/mol. The van der Waals surface area contributed by atoms with Gasteiger partial charge in [-0.1, -0.05) is 60.7 Å². The molecule has 4 aromatic rings. The second-order valence-electron chi connectivity index (χ2n) is 7.02. The molecule has 2 aromatic heterocycles. The summed E-state index contributed by atoms with van der Waals surface area (Å²) in [5, 5.41) is 0. The molecule has 0 aliphatic carbocycles. The average molecular weight is 412 g/mol. The zero-order chi connectivity index (χ0) is 21.8. The summed E-state index contributed by atoms with van der Waals surface area (Å²) < 4.78 is 4.97. The van der Waals surface area contributed by atoms with Crippen molar-refractivity contribution in [3.05, 3.63) is 72.4 Å². The zero-order valence-electron chi connectivity index (χ0n) is 17.9. The van der Waals surface area contributed by atoms with Crippen LogP contribution >= 0.6 is 0 Å². The highest BCUT2D eigenvalue weighted by Gasteiger charge is 2.21. The van der Waals surface area contributed by atoms with E-state index in [0.717, 1.165) is 29.8 Å². The Morgan fingerprint density at radius 1 is 0.839 bits per heavy atom. The fourth-order valence-corrected chi connectivity index (χ4v) is 3.59. The van der Waals surface area contributed by atoms with Gasteiger partial charge in [-0.15, -0.1) is 0 Å². The Kier molecular flexibility index (Phi) is 5.89. The van der Waals surface area contributed by atoms with Gasteiger partial charge in [0.15, 0.2) is 0 Å². The number of methoxy groups -OCH3 is 1. The van der Waals surface area contributed by atoms with Crippen molar-refractivity contribution in [2.45, 2.75) is 13.8 Å². The van der Waals surface area contributed by atoms with E-state index in [4.69, 9.17) is 14.7 Å². The topological polar surface area (TPSA) is 68.2 Å². The van der Waals surface area contributed by atoms with Crippen molar-refractivity contribution in [1.82, 2.24) is 15.0 Å². The first-order chi connectivity index (χ1) is 15.2. The number of aromatic nitrogens is 3. The molecule has 0 N–H and O–H groups in total. The van der Waals surface area contributed by atoms with Gasteiger partial charge < -0.3 is 9.64 Å². The molecule has 0 saturated carbocycles. The minimum atomic E-state index is -0.495. The number of benzene rings is 2. The number of hydrogen-bond acceptors (Lipinski definition) is 6. The molecule has 6 nitrogen and oxygen atoms in total. The average Bonchev–Trinajstić information content (AvgIpc) is 2.84. The molecule has 31 heavy (non-hydrogen) atoms. The Morgan fingerprint density at radius 2 is 1.45 bits per heavy atom. The summed E-state index contributed by atoms with van der Waals surface area (Å²) in [4.78, 5) is 29.0. The van der Waals surface area contributed by atoms with E-state index in [1.165, 1.54) is 7.11 Å². The van der Waals surface area contributed by atoms with Crippen LogP contribution in [0.15, 0.2) is 66.7 Å². The summed E-state index contributed by atoms with van der Waals surface area (Å²) in [5.74, 6) is 0.145. The van der Waals surface area contributed by atoms with Crippen LogP contribution in [0.4, 0.5) is 5.95 Å². The van der Waals surface area contributed by atoms with Crippen molar-refractivity contribution in [2.24, 2.45) is 0 Å². The molecule has 0 saturated heterocycles. The number of fused-ring (bicyclic) bond motifs is 1. The number of esters is 1. The molecule has 156 valence electrons.